The molecule has 5 rings (SSSR count). The van der Waals surface area contributed by atoms with Gasteiger partial charge in [0.15, 0.2) is 11.6 Å². The summed E-state index contributed by atoms with van der Waals surface area (Å²) in [5, 5.41) is 31.2. The Balaban J connectivity index is 1.26. The highest BCUT2D eigenvalue weighted by atomic mass is 79.9. The summed E-state index contributed by atoms with van der Waals surface area (Å²) in [4.78, 5) is 66.4. The van der Waals surface area contributed by atoms with Crippen molar-refractivity contribution in [1.82, 2.24) is 39.0 Å². The van der Waals surface area contributed by atoms with Gasteiger partial charge in [0.1, 0.15) is 22.8 Å². The molecule has 0 aliphatic rings. The Morgan fingerprint density at radius 3 is 1.81 bits per heavy atom. The number of hydrogen-bond donors (Lipinski definition) is 6. The van der Waals surface area contributed by atoms with Crippen molar-refractivity contribution in [3.05, 3.63) is 95.3 Å². The van der Waals surface area contributed by atoms with Crippen LogP contribution in [0.1, 0.15) is 58.7 Å². The lowest BCUT2D eigenvalue weighted by atomic mass is 10.2. The zero-order valence-electron chi connectivity index (χ0n) is 31.5. The molecule has 4 heterocycles. The molecule has 5 amide bonds. The van der Waals surface area contributed by atoms with Gasteiger partial charge in [-0.3, -0.25) is 38.7 Å². The molecule has 0 bridgehead atoms. The largest absolute Gasteiger partial charge is 0.388 e. The van der Waals surface area contributed by atoms with Gasteiger partial charge in [-0.15, -0.1) is 0 Å². The average Bonchev–Trinajstić information content (AvgIpc) is 3.93. The highest BCUT2D eigenvalue weighted by Gasteiger charge is 2.27. The van der Waals surface area contributed by atoms with Gasteiger partial charge in [-0.2, -0.15) is 10.2 Å². The van der Waals surface area contributed by atoms with E-state index in [0.717, 1.165) is 0 Å². The normalized spacial score (nSPS) is 11.0. The van der Waals surface area contributed by atoms with Crippen molar-refractivity contribution in [3.8, 4) is 0 Å². The number of hydrogen-bond acceptors (Lipinski definition) is 9. The van der Waals surface area contributed by atoms with Gasteiger partial charge in [0.2, 0.25) is 0 Å². The van der Waals surface area contributed by atoms with Crippen molar-refractivity contribution in [2.45, 2.75) is 6.42 Å². The number of nitrogens with zero attached hydrogens (tertiary/aromatic N) is 8. The summed E-state index contributed by atoms with van der Waals surface area (Å²) in [6.07, 6.45) is 3.44. The molecule has 0 spiro atoms. The molecule has 0 aliphatic heterocycles. The van der Waals surface area contributed by atoms with Crippen LogP contribution in [-0.4, -0.2) is 99.4 Å². The van der Waals surface area contributed by atoms with Gasteiger partial charge in [-0.25, -0.2) is 10.0 Å². The number of alkyl halides is 2. The molecule has 0 saturated heterocycles. The van der Waals surface area contributed by atoms with E-state index in [2.05, 4.69) is 63.3 Å². The number of amidine groups is 1. The van der Waals surface area contributed by atoms with Gasteiger partial charge in [0.25, 0.3) is 29.5 Å². The smallest absolute Gasteiger partial charge is 0.274 e. The maximum Gasteiger partial charge on any atom is 0.274 e. The lowest BCUT2D eigenvalue weighted by Gasteiger charge is -2.33. The lowest BCUT2D eigenvalue weighted by Crippen LogP contribution is -2.48. The van der Waals surface area contributed by atoms with Gasteiger partial charge >= 0.3 is 0 Å². The van der Waals surface area contributed by atoms with E-state index < -0.39 is 23.6 Å². The highest BCUT2D eigenvalue weighted by Crippen LogP contribution is 2.25. The number of aromatic nitrogens is 6. The second-order valence-electron chi connectivity index (χ2n) is 12.7. The highest BCUT2D eigenvalue weighted by molar-refractivity contribution is 9.09. The van der Waals surface area contributed by atoms with Crippen LogP contribution in [0.2, 0.25) is 0 Å². The minimum absolute atomic E-state index is 0.0552. The molecule has 57 heavy (non-hydrogen) atoms. The number of carbonyl (C=O) groups excluding carboxylic acids is 5. The predicted molar refractivity (Wildman–Crippen MR) is 222 cm³/mol. The molecular formula is C36H42Br2N14O5. The van der Waals surface area contributed by atoms with Gasteiger partial charge in [-0.05, 0) is 24.3 Å². The van der Waals surface area contributed by atoms with E-state index in [1.807, 2.05) is 11.1 Å². The van der Waals surface area contributed by atoms with E-state index in [0.29, 0.717) is 40.7 Å². The molecule has 0 aliphatic carbocycles. The zero-order valence-corrected chi connectivity index (χ0v) is 34.7. The van der Waals surface area contributed by atoms with Crippen LogP contribution in [0.5, 0.6) is 0 Å². The van der Waals surface area contributed by atoms with Crippen LogP contribution >= 0.6 is 31.9 Å². The van der Waals surface area contributed by atoms with Crippen molar-refractivity contribution < 1.29 is 24.0 Å². The van der Waals surface area contributed by atoms with Crippen LogP contribution in [0, 0.1) is 5.41 Å². The zero-order chi connectivity index (χ0) is 41.4. The number of nitrogens with two attached hydrogens (primary N) is 1. The Bertz CT molecular complexity index is 2290. The maximum atomic E-state index is 13.8. The Morgan fingerprint density at radius 1 is 0.719 bits per heavy atom. The molecule has 300 valence electrons. The SMILES string of the molecule is Cn1cc(NC(=O)c2cc(NC(=O)c3cc(N(C(=O)c4ccccc4)N(CCBr)CCBr)cn3C)nn2C)cc1C(=O)Nc1cc(C(=O)NCCC(=N)N)n(C)n1. The molecule has 0 unspecified atom stereocenters. The van der Waals surface area contributed by atoms with Crippen LogP contribution in [0.4, 0.5) is 23.0 Å². The summed E-state index contributed by atoms with van der Waals surface area (Å²) in [7, 11) is 6.42. The van der Waals surface area contributed by atoms with E-state index in [1.54, 1.807) is 80.5 Å². The standard InChI is InChI=1S/C36H42Br2N14O5/c1-47-20-23(16-25(47)33(54)43-30-18-27(49(3)45-30)32(53)41-13-10-29(39)40)42-35(56)28-19-31(46-50(28)4)44-34(55)26-17-24(21-48(26)2)52(51(14-11-37)15-12-38)36(57)22-8-6-5-7-9-22/h5-9,16-21H,10-15H2,1-4H3,(H3,39,40)(H,41,53)(H,42,56)(H,43,45,54)(H,44,46,55). The van der Waals surface area contributed by atoms with Gasteiger partial charge in [0, 0.05) is 95.0 Å². The number of amides is 5. The summed E-state index contributed by atoms with van der Waals surface area (Å²) < 4.78 is 5.75. The fourth-order valence-electron chi connectivity index (χ4n) is 5.81. The Labute approximate surface area is 344 Å². The number of halogens is 2. The first-order chi connectivity index (χ1) is 27.2. The summed E-state index contributed by atoms with van der Waals surface area (Å²) in [5.41, 5.74) is 7.37. The van der Waals surface area contributed by atoms with Crippen molar-refractivity contribution in [2.24, 2.45) is 33.9 Å². The van der Waals surface area contributed by atoms with Gasteiger partial charge in [0.05, 0.1) is 17.2 Å². The number of hydrazine groups is 1. The van der Waals surface area contributed by atoms with Crippen molar-refractivity contribution in [1.29, 1.82) is 5.41 Å². The quantitative estimate of drug-likeness (QED) is 0.0347. The monoisotopic (exact) mass is 908 g/mol. The molecule has 1 aromatic carbocycles. The number of benzene rings is 1. The molecule has 0 atom stereocenters. The van der Waals surface area contributed by atoms with Crippen LogP contribution in [0.3, 0.4) is 0 Å². The van der Waals surface area contributed by atoms with E-state index in [9.17, 15) is 24.0 Å². The van der Waals surface area contributed by atoms with Crippen molar-refractivity contribution in [2.75, 3.05) is 51.3 Å². The molecule has 21 heteroatoms. The predicted octanol–water partition coefficient (Wildman–Crippen LogP) is 3.30. The molecular weight excluding hydrogens is 868 g/mol. The first-order valence-electron chi connectivity index (χ1n) is 17.4. The van der Waals surface area contributed by atoms with Crippen molar-refractivity contribution in [3.63, 3.8) is 0 Å². The van der Waals surface area contributed by atoms with Crippen LogP contribution in [0.15, 0.2) is 67.0 Å². The number of carbonyl (C=O) groups is 5. The van der Waals surface area contributed by atoms with E-state index in [-0.39, 0.29) is 59.1 Å². The topological polar surface area (TPSA) is 235 Å². The maximum absolute atomic E-state index is 13.8. The third-order valence-electron chi connectivity index (χ3n) is 8.53. The first-order valence-corrected chi connectivity index (χ1v) is 19.7. The molecule has 7 N–H and O–H groups in total. The molecule has 4 aromatic heterocycles. The second-order valence-corrected chi connectivity index (χ2v) is 14.3. The number of aryl methyl sites for hydroxylation is 4. The third kappa shape index (κ3) is 10.2. The van der Waals surface area contributed by atoms with Gasteiger partial charge in [-0.1, -0.05) is 50.1 Å². The van der Waals surface area contributed by atoms with E-state index in [1.165, 1.54) is 32.1 Å². The molecule has 0 radical (unpaired) electrons. The van der Waals surface area contributed by atoms with Crippen LogP contribution in [-0.2, 0) is 28.2 Å². The van der Waals surface area contributed by atoms with Crippen molar-refractivity contribution >= 4 is 90.2 Å². The molecule has 0 fully saturated rings. The Hall–Kier alpha value is -6.06. The summed E-state index contributed by atoms with van der Waals surface area (Å²) in [5.74, 6) is -2.12. The molecule has 19 nitrogen and oxygen atoms in total. The fourth-order valence-corrected chi connectivity index (χ4v) is 6.62. The Kier molecular flexibility index (Phi) is 13.8. The number of anilines is 4. The number of rotatable bonds is 17. The second kappa shape index (κ2) is 18.7. The average molecular weight is 911 g/mol. The molecule has 0 saturated carbocycles. The Morgan fingerprint density at radius 2 is 1.25 bits per heavy atom. The summed E-state index contributed by atoms with van der Waals surface area (Å²) in [6.45, 7) is 1.22. The summed E-state index contributed by atoms with van der Waals surface area (Å²) in [6, 6.07) is 14.8. The molecule has 5 aromatic rings. The summed E-state index contributed by atoms with van der Waals surface area (Å²) >= 11 is 6.96. The fraction of sp³-hybridized carbons (Fsp3) is 0.278. The van der Waals surface area contributed by atoms with Crippen LogP contribution < -0.4 is 32.0 Å². The number of nitrogens with one attached hydrogen (secondary N) is 5. The minimum Gasteiger partial charge on any atom is -0.388 e. The lowest BCUT2D eigenvalue weighted by molar-refractivity contribution is 0.0902. The first kappa shape index (κ1) is 42.1. The van der Waals surface area contributed by atoms with Gasteiger partial charge < -0.3 is 36.1 Å². The third-order valence-corrected chi connectivity index (χ3v) is 9.24. The van der Waals surface area contributed by atoms with Crippen LogP contribution in [0.25, 0.3) is 0 Å². The van der Waals surface area contributed by atoms with E-state index in [4.69, 9.17) is 11.1 Å². The van der Waals surface area contributed by atoms with E-state index >= 15 is 0 Å². The minimum atomic E-state index is -0.553.